The fourth-order valence-corrected chi connectivity index (χ4v) is 5.72. The number of benzene rings is 1. The number of rotatable bonds is 7. The van der Waals surface area contributed by atoms with Gasteiger partial charge in [-0.1, -0.05) is 32.5 Å². The first-order valence-electron chi connectivity index (χ1n) is 10.3. The fourth-order valence-electron chi connectivity index (χ4n) is 3.64. The van der Waals surface area contributed by atoms with Gasteiger partial charge < -0.3 is 9.16 Å². The number of nitrogens with zero attached hydrogens (tertiary/aromatic N) is 2. The summed E-state index contributed by atoms with van der Waals surface area (Å²) in [6, 6.07) is 5.92. The molecule has 1 aromatic rings. The molecule has 31 heavy (non-hydrogen) atoms. The second kappa shape index (κ2) is 10.1. The van der Waals surface area contributed by atoms with Crippen LogP contribution in [0.2, 0.25) is 13.1 Å². The third-order valence-corrected chi connectivity index (χ3v) is 7.28. The van der Waals surface area contributed by atoms with Crippen molar-refractivity contribution in [3.63, 3.8) is 0 Å². The van der Waals surface area contributed by atoms with E-state index in [4.69, 9.17) is 9.16 Å². The van der Waals surface area contributed by atoms with E-state index in [0.717, 1.165) is 0 Å². The Morgan fingerprint density at radius 2 is 1.90 bits per heavy atom. The molecule has 2 atom stereocenters. The summed E-state index contributed by atoms with van der Waals surface area (Å²) in [5.41, 5.74) is -0.269. The number of thioether (sulfide) groups is 1. The largest absolute Gasteiger partial charge is 0.444 e. The molecule has 0 aliphatic carbocycles. The van der Waals surface area contributed by atoms with Gasteiger partial charge in [-0.25, -0.2) is 4.79 Å². The minimum atomic E-state index is -1.55. The molecular weight excluding hydrogens is 436 g/mol. The monoisotopic (exact) mass is 468 g/mol. The van der Waals surface area contributed by atoms with Crippen LogP contribution < -0.4 is 0 Å². The first-order chi connectivity index (χ1) is 14.3. The number of nitro groups is 1. The summed E-state index contributed by atoms with van der Waals surface area (Å²) in [7, 11) is -1.55. The molecule has 1 fully saturated rings. The number of carbonyl (C=O) groups is 2. The zero-order valence-corrected chi connectivity index (χ0v) is 21.0. The molecule has 1 heterocycles. The van der Waals surface area contributed by atoms with Crippen LogP contribution >= 0.6 is 11.8 Å². The highest BCUT2D eigenvalue weighted by atomic mass is 32.2. The quantitative estimate of drug-likeness (QED) is 0.328. The van der Waals surface area contributed by atoms with E-state index >= 15 is 0 Å². The zero-order chi connectivity index (χ0) is 23.4. The maximum absolute atomic E-state index is 13.1. The molecule has 1 aliphatic heterocycles. The summed E-state index contributed by atoms with van der Waals surface area (Å²) in [6.45, 7) is 12.5. The van der Waals surface area contributed by atoms with Gasteiger partial charge >= 0.3 is 6.09 Å². The van der Waals surface area contributed by atoms with E-state index in [1.165, 1.54) is 30.8 Å². The number of likely N-dealkylation sites (tertiary alicyclic amines) is 1. The Morgan fingerprint density at radius 1 is 1.29 bits per heavy atom. The summed E-state index contributed by atoms with van der Waals surface area (Å²) >= 11 is 1.17. The second-order valence-electron chi connectivity index (χ2n) is 9.25. The summed E-state index contributed by atoms with van der Waals surface area (Å²) < 4.78 is 12.0. The molecule has 8 nitrogen and oxygen atoms in total. The lowest BCUT2D eigenvalue weighted by Crippen LogP contribution is -2.53. The van der Waals surface area contributed by atoms with Gasteiger partial charge in [0.05, 0.1) is 4.92 Å². The SMILES string of the molecule is CC(=O)SC[C@]1(O[SiH](C)C)C[C@H](C(C)(C)C)CN1C(=O)OCc1ccc([N+](=O)[O-])cc1. The lowest BCUT2D eigenvalue weighted by Gasteiger charge is -2.39. The van der Waals surface area contributed by atoms with Crippen LogP contribution in [0, 0.1) is 21.4 Å². The Balaban J connectivity index is 2.22. The molecule has 10 heteroatoms. The number of non-ortho nitro benzene ring substituents is 1. The molecule has 1 aliphatic rings. The van der Waals surface area contributed by atoms with Crippen LogP contribution in [0.5, 0.6) is 0 Å². The van der Waals surface area contributed by atoms with Crippen LogP contribution in [0.3, 0.4) is 0 Å². The van der Waals surface area contributed by atoms with Gasteiger partial charge in [-0.3, -0.25) is 19.8 Å². The van der Waals surface area contributed by atoms with Gasteiger partial charge in [0.2, 0.25) is 0 Å². The minimum Gasteiger partial charge on any atom is -0.444 e. The van der Waals surface area contributed by atoms with Crippen molar-refractivity contribution < 1.29 is 23.7 Å². The average Bonchev–Trinajstić information content (AvgIpc) is 3.04. The molecule has 0 N–H and O–H groups in total. The fraction of sp³-hybridized carbons (Fsp3) is 0.619. The van der Waals surface area contributed by atoms with E-state index in [1.807, 2.05) is 13.1 Å². The second-order valence-corrected chi connectivity index (χ2v) is 12.7. The number of hydrogen-bond donors (Lipinski definition) is 0. The Labute approximate surface area is 189 Å². The molecule has 2 rings (SSSR count). The predicted molar refractivity (Wildman–Crippen MR) is 123 cm³/mol. The summed E-state index contributed by atoms with van der Waals surface area (Å²) in [6.07, 6.45) is 0.151. The van der Waals surface area contributed by atoms with Gasteiger partial charge in [0.1, 0.15) is 12.3 Å². The van der Waals surface area contributed by atoms with Crippen LogP contribution in [-0.2, 0) is 20.6 Å². The van der Waals surface area contributed by atoms with Crippen molar-refractivity contribution in [3.05, 3.63) is 39.9 Å². The van der Waals surface area contributed by atoms with Crippen molar-refractivity contribution in [3.8, 4) is 0 Å². The van der Waals surface area contributed by atoms with Crippen molar-refractivity contribution in [2.75, 3.05) is 12.3 Å². The number of carbonyl (C=O) groups excluding carboxylic acids is 2. The van der Waals surface area contributed by atoms with Crippen molar-refractivity contribution >= 4 is 37.7 Å². The summed E-state index contributed by atoms with van der Waals surface area (Å²) in [4.78, 5) is 36.8. The average molecular weight is 469 g/mol. The lowest BCUT2D eigenvalue weighted by atomic mass is 9.79. The van der Waals surface area contributed by atoms with Crippen molar-refractivity contribution in [1.82, 2.24) is 4.90 Å². The van der Waals surface area contributed by atoms with Crippen molar-refractivity contribution in [2.45, 2.75) is 59.5 Å². The molecule has 0 aromatic heterocycles. The molecule has 1 aromatic carbocycles. The number of hydrogen-bond acceptors (Lipinski definition) is 7. The predicted octanol–water partition coefficient (Wildman–Crippen LogP) is 4.58. The topological polar surface area (TPSA) is 99.0 Å². The highest BCUT2D eigenvalue weighted by molar-refractivity contribution is 8.13. The van der Waals surface area contributed by atoms with Gasteiger partial charge in [-0.2, -0.15) is 0 Å². The van der Waals surface area contributed by atoms with E-state index in [0.29, 0.717) is 24.3 Å². The number of amides is 1. The number of nitro benzene ring substituents is 1. The van der Waals surface area contributed by atoms with Crippen LogP contribution in [0.4, 0.5) is 10.5 Å². The maximum atomic E-state index is 13.1. The Kier molecular flexibility index (Phi) is 8.29. The third kappa shape index (κ3) is 6.78. The number of ether oxygens (including phenoxy) is 1. The van der Waals surface area contributed by atoms with Crippen molar-refractivity contribution in [2.24, 2.45) is 11.3 Å². The van der Waals surface area contributed by atoms with Gasteiger partial charge in [0.25, 0.3) is 5.69 Å². The molecule has 1 saturated heterocycles. The van der Waals surface area contributed by atoms with E-state index in [9.17, 15) is 19.7 Å². The van der Waals surface area contributed by atoms with E-state index in [-0.39, 0.29) is 28.7 Å². The molecule has 0 bridgehead atoms. The minimum absolute atomic E-state index is 0.00253. The highest BCUT2D eigenvalue weighted by Crippen LogP contribution is 2.45. The first kappa shape index (κ1) is 25.3. The molecule has 0 saturated carbocycles. The molecule has 172 valence electrons. The normalized spacial score (nSPS) is 21.4. The molecule has 0 spiro atoms. The lowest BCUT2D eigenvalue weighted by molar-refractivity contribution is -0.384. The van der Waals surface area contributed by atoms with Gasteiger partial charge in [-0.05, 0) is 42.1 Å². The van der Waals surface area contributed by atoms with Crippen LogP contribution in [0.15, 0.2) is 24.3 Å². The maximum Gasteiger partial charge on any atom is 0.412 e. The van der Waals surface area contributed by atoms with Gasteiger partial charge in [-0.15, -0.1) is 0 Å². The highest BCUT2D eigenvalue weighted by Gasteiger charge is 2.52. The van der Waals surface area contributed by atoms with Crippen LogP contribution in [-0.4, -0.2) is 48.1 Å². The summed E-state index contributed by atoms with van der Waals surface area (Å²) in [5.74, 6) is 0.562. The molecule has 0 unspecified atom stereocenters. The Hall–Kier alpha value is -1.91. The van der Waals surface area contributed by atoms with Crippen LogP contribution in [0.25, 0.3) is 0 Å². The third-order valence-electron chi connectivity index (χ3n) is 5.37. The van der Waals surface area contributed by atoms with Crippen molar-refractivity contribution in [1.29, 1.82) is 0 Å². The van der Waals surface area contributed by atoms with Crippen LogP contribution in [0.1, 0.15) is 39.7 Å². The molecular formula is C21H32N2O6SSi. The Bertz CT molecular complexity index is 811. The van der Waals surface area contributed by atoms with E-state index < -0.39 is 25.8 Å². The standard InChI is InChI=1S/C21H32N2O6SSi/c1-15(24)30-14-21(29-31(5)6)11-17(20(2,3)4)12-22(21)19(25)28-13-16-7-9-18(10-8-16)23(26)27/h7-10,17,31H,11-14H2,1-6H3/t17-,21+/m0/s1. The molecule has 0 radical (unpaired) electrons. The Morgan fingerprint density at radius 3 is 2.39 bits per heavy atom. The van der Waals surface area contributed by atoms with Gasteiger partial charge in [0.15, 0.2) is 14.2 Å². The molecule has 1 amide bonds. The van der Waals surface area contributed by atoms with Gasteiger partial charge in [0, 0.05) is 37.8 Å². The van der Waals surface area contributed by atoms with E-state index in [1.54, 1.807) is 17.0 Å². The summed E-state index contributed by atoms with van der Waals surface area (Å²) in [5, 5.41) is 10.8. The first-order valence-corrected chi connectivity index (χ1v) is 14.1. The van der Waals surface area contributed by atoms with E-state index in [2.05, 4.69) is 20.8 Å². The zero-order valence-electron chi connectivity index (χ0n) is 19.0. The smallest absolute Gasteiger partial charge is 0.412 e.